The lowest BCUT2D eigenvalue weighted by atomic mass is 10.2. The number of carboxylic acids is 1. The number of pyridine rings is 1. The number of halogens is 1. The van der Waals surface area contributed by atoms with E-state index in [1.807, 2.05) is 24.3 Å². The van der Waals surface area contributed by atoms with Gasteiger partial charge in [-0.05, 0) is 12.1 Å². The molecule has 3 aromatic rings. The Morgan fingerprint density at radius 2 is 2.10 bits per heavy atom. The van der Waals surface area contributed by atoms with Crippen molar-refractivity contribution in [1.82, 2.24) is 9.97 Å². The summed E-state index contributed by atoms with van der Waals surface area (Å²) in [6.07, 6.45) is 1.66. The second-order valence-corrected chi connectivity index (χ2v) is 5.16. The van der Waals surface area contributed by atoms with E-state index >= 15 is 0 Å². The molecule has 0 aliphatic carbocycles. The monoisotopic (exact) mass is 306 g/mol. The van der Waals surface area contributed by atoms with Crippen molar-refractivity contribution in [3.63, 3.8) is 0 Å². The Morgan fingerprint density at radius 3 is 2.85 bits per heavy atom. The number of fused-ring (bicyclic) bond motifs is 1. The molecule has 1 aromatic carbocycles. The maximum absolute atomic E-state index is 10.9. The van der Waals surface area contributed by atoms with Crippen LogP contribution in [0.5, 0.6) is 10.9 Å². The minimum atomic E-state index is -1.13. The topological polar surface area (TPSA) is 72.3 Å². The molecule has 0 atom stereocenters. The lowest BCUT2D eigenvalue weighted by molar-refractivity contribution is 0.0702. The number of para-hydroxylation sites is 1. The van der Waals surface area contributed by atoms with E-state index in [-0.39, 0.29) is 15.2 Å². The maximum atomic E-state index is 10.9. The molecule has 2 aromatic heterocycles. The first-order valence-corrected chi connectivity index (χ1v) is 6.76. The minimum absolute atomic E-state index is 0.0464. The molecule has 1 N–H and O–H groups in total. The quantitative estimate of drug-likeness (QED) is 0.796. The van der Waals surface area contributed by atoms with Crippen molar-refractivity contribution in [2.45, 2.75) is 0 Å². The van der Waals surface area contributed by atoms with Gasteiger partial charge in [-0.1, -0.05) is 41.1 Å². The first kappa shape index (κ1) is 12.8. The SMILES string of the molecule is O=C(O)c1sc(Oc2cccc3cccnc23)nc1Cl. The molecule has 0 saturated heterocycles. The summed E-state index contributed by atoms with van der Waals surface area (Å²) in [6, 6.07) is 9.21. The van der Waals surface area contributed by atoms with Gasteiger partial charge in [0.1, 0.15) is 5.52 Å². The van der Waals surface area contributed by atoms with Crippen LogP contribution in [0.4, 0.5) is 0 Å². The van der Waals surface area contributed by atoms with Crippen molar-refractivity contribution in [1.29, 1.82) is 0 Å². The van der Waals surface area contributed by atoms with E-state index in [4.69, 9.17) is 21.4 Å². The molecule has 0 aliphatic rings. The molecule has 0 unspecified atom stereocenters. The van der Waals surface area contributed by atoms with Gasteiger partial charge in [0.15, 0.2) is 15.8 Å². The standard InChI is InChI=1S/C13H7ClN2O3S/c14-11-10(12(17)18)20-13(16-11)19-8-5-1-3-7-4-2-6-15-9(7)8/h1-6H,(H,17,18). The summed E-state index contributed by atoms with van der Waals surface area (Å²) in [5.74, 6) is -0.621. The minimum Gasteiger partial charge on any atom is -0.477 e. The van der Waals surface area contributed by atoms with Crippen molar-refractivity contribution in [2.75, 3.05) is 0 Å². The fourth-order valence-electron chi connectivity index (χ4n) is 1.71. The van der Waals surface area contributed by atoms with Gasteiger partial charge >= 0.3 is 5.97 Å². The van der Waals surface area contributed by atoms with Gasteiger partial charge in [-0.2, -0.15) is 4.98 Å². The molecule has 0 radical (unpaired) electrons. The number of carboxylic acid groups (broad SMARTS) is 1. The van der Waals surface area contributed by atoms with Crippen molar-refractivity contribution < 1.29 is 14.6 Å². The molecule has 0 saturated carbocycles. The zero-order chi connectivity index (χ0) is 14.1. The van der Waals surface area contributed by atoms with Crippen LogP contribution in [0.25, 0.3) is 10.9 Å². The average molecular weight is 307 g/mol. The lowest BCUT2D eigenvalue weighted by Crippen LogP contribution is -1.91. The van der Waals surface area contributed by atoms with Crippen molar-refractivity contribution in [3.8, 4) is 10.9 Å². The van der Waals surface area contributed by atoms with E-state index < -0.39 is 5.97 Å². The molecule has 3 rings (SSSR count). The first-order chi connectivity index (χ1) is 9.65. The van der Waals surface area contributed by atoms with Crippen LogP contribution < -0.4 is 4.74 Å². The molecule has 0 spiro atoms. The number of nitrogens with zero attached hydrogens (tertiary/aromatic N) is 2. The Balaban J connectivity index is 2.01. The number of aromatic nitrogens is 2. The summed E-state index contributed by atoms with van der Waals surface area (Å²) >= 11 is 6.63. The number of benzene rings is 1. The first-order valence-electron chi connectivity index (χ1n) is 5.56. The second kappa shape index (κ2) is 5.07. The highest BCUT2D eigenvalue weighted by atomic mass is 35.5. The van der Waals surface area contributed by atoms with Crippen LogP contribution in [0.2, 0.25) is 5.15 Å². The van der Waals surface area contributed by atoms with Crippen LogP contribution in [0.15, 0.2) is 36.5 Å². The normalized spacial score (nSPS) is 10.7. The van der Waals surface area contributed by atoms with Gasteiger partial charge in [0.25, 0.3) is 5.19 Å². The van der Waals surface area contributed by atoms with Crippen LogP contribution in [0, 0.1) is 0 Å². The van der Waals surface area contributed by atoms with Gasteiger partial charge in [0.2, 0.25) is 0 Å². The zero-order valence-electron chi connectivity index (χ0n) is 9.91. The van der Waals surface area contributed by atoms with Crippen LogP contribution in [0.3, 0.4) is 0 Å². The number of hydrogen-bond donors (Lipinski definition) is 1. The Bertz CT molecular complexity index is 798. The average Bonchev–Trinajstić information content (AvgIpc) is 2.80. The van der Waals surface area contributed by atoms with Crippen molar-refractivity contribution >= 4 is 39.8 Å². The van der Waals surface area contributed by atoms with Crippen molar-refractivity contribution in [3.05, 3.63) is 46.6 Å². The Labute approximate surface area is 122 Å². The largest absolute Gasteiger partial charge is 0.477 e. The number of thiazole rings is 1. The van der Waals surface area contributed by atoms with E-state index in [0.717, 1.165) is 16.7 Å². The van der Waals surface area contributed by atoms with E-state index in [0.29, 0.717) is 11.3 Å². The second-order valence-electron chi connectivity index (χ2n) is 3.84. The third-order valence-electron chi connectivity index (χ3n) is 2.55. The van der Waals surface area contributed by atoms with Crippen LogP contribution in [-0.4, -0.2) is 21.0 Å². The molecule has 100 valence electrons. The highest BCUT2D eigenvalue weighted by Gasteiger charge is 2.17. The summed E-state index contributed by atoms with van der Waals surface area (Å²) in [7, 11) is 0. The smallest absolute Gasteiger partial charge is 0.349 e. The van der Waals surface area contributed by atoms with Gasteiger partial charge in [0, 0.05) is 11.6 Å². The molecule has 2 heterocycles. The molecule has 7 heteroatoms. The Morgan fingerprint density at radius 1 is 1.30 bits per heavy atom. The molecular formula is C13H7ClN2O3S. The summed E-state index contributed by atoms with van der Waals surface area (Å²) in [4.78, 5) is 19.0. The van der Waals surface area contributed by atoms with E-state index in [2.05, 4.69) is 9.97 Å². The van der Waals surface area contributed by atoms with Gasteiger partial charge in [0.05, 0.1) is 0 Å². The molecule has 20 heavy (non-hydrogen) atoms. The predicted molar refractivity (Wildman–Crippen MR) is 75.9 cm³/mol. The molecule has 0 amide bonds. The van der Waals surface area contributed by atoms with Crippen molar-refractivity contribution in [2.24, 2.45) is 0 Å². The van der Waals surface area contributed by atoms with Gasteiger partial charge in [-0.15, -0.1) is 0 Å². The summed E-state index contributed by atoms with van der Waals surface area (Å²) < 4.78 is 5.60. The number of aromatic carboxylic acids is 1. The van der Waals surface area contributed by atoms with Crippen LogP contribution >= 0.6 is 22.9 Å². The van der Waals surface area contributed by atoms with E-state index in [1.54, 1.807) is 12.3 Å². The van der Waals surface area contributed by atoms with Gasteiger partial charge < -0.3 is 9.84 Å². The lowest BCUT2D eigenvalue weighted by Gasteiger charge is -2.04. The number of ether oxygens (including phenoxy) is 1. The third kappa shape index (κ3) is 2.31. The zero-order valence-corrected chi connectivity index (χ0v) is 11.5. The summed E-state index contributed by atoms with van der Waals surface area (Å²) in [5.41, 5.74) is 0.679. The Kier molecular flexibility index (Phi) is 3.25. The summed E-state index contributed by atoms with van der Waals surface area (Å²) in [6.45, 7) is 0. The molecule has 0 bridgehead atoms. The van der Waals surface area contributed by atoms with Gasteiger partial charge in [-0.3, -0.25) is 4.98 Å². The maximum Gasteiger partial charge on any atom is 0.349 e. The summed E-state index contributed by atoms with van der Waals surface area (Å²) in [5, 5.41) is 9.95. The molecule has 5 nitrogen and oxygen atoms in total. The fraction of sp³-hybridized carbons (Fsp3) is 0. The van der Waals surface area contributed by atoms with Gasteiger partial charge in [-0.25, -0.2) is 4.79 Å². The number of hydrogen-bond acceptors (Lipinski definition) is 5. The highest BCUT2D eigenvalue weighted by molar-refractivity contribution is 7.15. The van der Waals surface area contributed by atoms with E-state index in [9.17, 15) is 4.79 Å². The Hall–Kier alpha value is -2.18. The molecule has 0 fully saturated rings. The van der Waals surface area contributed by atoms with Crippen LogP contribution in [-0.2, 0) is 0 Å². The van der Waals surface area contributed by atoms with Crippen LogP contribution in [0.1, 0.15) is 9.67 Å². The third-order valence-corrected chi connectivity index (χ3v) is 3.86. The molecular weight excluding hydrogens is 300 g/mol. The highest BCUT2D eigenvalue weighted by Crippen LogP contribution is 2.34. The number of carbonyl (C=O) groups is 1. The number of rotatable bonds is 3. The fourth-order valence-corrected chi connectivity index (χ4v) is 2.69. The predicted octanol–water partition coefficient (Wildman–Crippen LogP) is 3.84. The van der Waals surface area contributed by atoms with E-state index in [1.165, 1.54) is 0 Å². The molecule has 0 aliphatic heterocycles.